The van der Waals surface area contributed by atoms with Gasteiger partial charge in [0.1, 0.15) is 16.5 Å². The molecule has 2 aromatic carbocycles. The first-order valence-corrected chi connectivity index (χ1v) is 9.26. The third-order valence-electron chi connectivity index (χ3n) is 3.57. The molecule has 0 fully saturated rings. The zero-order chi connectivity index (χ0) is 20.3. The molecule has 0 bridgehead atoms. The van der Waals surface area contributed by atoms with Crippen molar-refractivity contribution in [2.24, 2.45) is 0 Å². The number of halogens is 4. The molecule has 0 radical (unpaired) electrons. The Labute approximate surface area is 157 Å². The quantitative estimate of drug-likeness (QED) is 0.493. The Morgan fingerprint density at radius 2 is 1.75 bits per heavy atom. The van der Waals surface area contributed by atoms with Crippen molar-refractivity contribution >= 4 is 10.0 Å². The van der Waals surface area contributed by atoms with E-state index in [1.807, 2.05) is 0 Å². The molecule has 1 heterocycles. The molecule has 0 saturated heterocycles. The summed E-state index contributed by atoms with van der Waals surface area (Å²) in [6, 6.07) is 9.47. The third-order valence-corrected chi connectivity index (χ3v) is 4.99. The monoisotopic (exact) mass is 412 g/mol. The molecule has 0 aliphatic rings. The number of ether oxygens (including phenoxy) is 1. The number of hydrogen-bond acceptors (Lipinski definition) is 4. The number of aromatic nitrogens is 1. The molecule has 146 valence electrons. The van der Waals surface area contributed by atoms with E-state index in [0.717, 1.165) is 0 Å². The minimum Gasteiger partial charge on any atom is -0.439 e. The zero-order valence-electron chi connectivity index (χ0n) is 14.0. The first-order chi connectivity index (χ1) is 13.3. The van der Waals surface area contributed by atoms with Crippen molar-refractivity contribution in [3.8, 4) is 11.6 Å². The molecule has 10 heteroatoms. The number of sulfonamides is 1. The van der Waals surface area contributed by atoms with Crippen LogP contribution < -0.4 is 9.46 Å². The Bertz CT molecular complexity index is 1110. The number of nitrogens with one attached hydrogen (secondary N) is 1. The van der Waals surface area contributed by atoms with E-state index in [0.29, 0.717) is 17.7 Å². The topological polar surface area (TPSA) is 68.3 Å². The van der Waals surface area contributed by atoms with E-state index >= 15 is 0 Å². The predicted octanol–water partition coefficient (Wildman–Crippen LogP) is 3.91. The van der Waals surface area contributed by atoms with Gasteiger partial charge in [0.15, 0.2) is 17.5 Å². The highest BCUT2D eigenvalue weighted by Gasteiger charge is 2.23. The average molecular weight is 412 g/mol. The van der Waals surface area contributed by atoms with Gasteiger partial charge in [0.05, 0.1) is 0 Å². The van der Waals surface area contributed by atoms with Crippen LogP contribution in [0.15, 0.2) is 59.6 Å². The molecule has 0 aliphatic heterocycles. The van der Waals surface area contributed by atoms with E-state index in [2.05, 4.69) is 9.71 Å². The SMILES string of the molecule is O=S(=O)(NCc1ccc(Oc2cccc(F)c2)nc1)c1ccc(F)c(F)c1F. The van der Waals surface area contributed by atoms with Crippen LogP contribution in [0.1, 0.15) is 5.56 Å². The summed E-state index contributed by atoms with van der Waals surface area (Å²) in [5.41, 5.74) is 0.387. The van der Waals surface area contributed by atoms with Crippen molar-refractivity contribution in [1.29, 1.82) is 0 Å². The lowest BCUT2D eigenvalue weighted by molar-refractivity contribution is 0.431. The van der Waals surface area contributed by atoms with Crippen molar-refractivity contribution in [1.82, 2.24) is 9.71 Å². The van der Waals surface area contributed by atoms with E-state index in [9.17, 15) is 26.0 Å². The summed E-state index contributed by atoms with van der Waals surface area (Å²) in [6.07, 6.45) is 1.29. The largest absolute Gasteiger partial charge is 0.439 e. The van der Waals surface area contributed by atoms with E-state index in [1.54, 1.807) is 0 Å². The standard InChI is InChI=1S/C18H12F4N2O3S/c19-12-2-1-3-13(8-12)27-16-7-4-11(9-23-16)10-24-28(25,26)15-6-5-14(20)17(21)18(15)22/h1-9,24H,10H2. The molecule has 0 spiro atoms. The van der Waals surface area contributed by atoms with Crippen LogP contribution in [-0.4, -0.2) is 13.4 Å². The lowest BCUT2D eigenvalue weighted by atomic mass is 10.3. The molecule has 3 aromatic rings. The molecule has 28 heavy (non-hydrogen) atoms. The van der Waals surface area contributed by atoms with Crippen LogP contribution in [0, 0.1) is 23.3 Å². The predicted molar refractivity (Wildman–Crippen MR) is 91.1 cm³/mol. The van der Waals surface area contributed by atoms with Crippen LogP contribution in [0.4, 0.5) is 17.6 Å². The van der Waals surface area contributed by atoms with Gasteiger partial charge in [0.25, 0.3) is 0 Å². The molecule has 0 aliphatic carbocycles. The number of pyridine rings is 1. The fraction of sp³-hybridized carbons (Fsp3) is 0.0556. The van der Waals surface area contributed by atoms with Crippen LogP contribution in [0.2, 0.25) is 0 Å². The van der Waals surface area contributed by atoms with Gasteiger partial charge in [0.2, 0.25) is 15.9 Å². The van der Waals surface area contributed by atoms with Crippen molar-refractivity contribution < 1.29 is 30.7 Å². The van der Waals surface area contributed by atoms with Gasteiger partial charge < -0.3 is 4.74 Å². The Morgan fingerprint density at radius 1 is 0.964 bits per heavy atom. The number of benzene rings is 2. The Kier molecular flexibility index (Phi) is 5.61. The van der Waals surface area contributed by atoms with Crippen molar-refractivity contribution in [2.45, 2.75) is 11.4 Å². The van der Waals surface area contributed by atoms with E-state index in [-0.39, 0.29) is 18.2 Å². The summed E-state index contributed by atoms with van der Waals surface area (Å²) < 4.78 is 84.6. The van der Waals surface area contributed by atoms with E-state index in [4.69, 9.17) is 4.74 Å². The van der Waals surface area contributed by atoms with E-state index in [1.165, 1.54) is 42.6 Å². The van der Waals surface area contributed by atoms with Gasteiger partial charge in [-0.1, -0.05) is 12.1 Å². The minimum absolute atomic E-state index is 0.142. The number of nitrogens with zero attached hydrogens (tertiary/aromatic N) is 1. The average Bonchev–Trinajstić information content (AvgIpc) is 2.65. The summed E-state index contributed by atoms with van der Waals surface area (Å²) in [5, 5.41) is 0. The summed E-state index contributed by atoms with van der Waals surface area (Å²) in [5.74, 6) is -5.27. The maximum atomic E-state index is 13.7. The normalized spacial score (nSPS) is 11.4. The van der Waals surface area contributed by atoms with Crippen molar-refractivity contribution in [2.75, 3.05) is 0 Å². The second-order valence-corrected chi connectivity index (χ2v) is 7.30. The smallest absolute Gasteiger partial charge is 0.243 e. The highest BCUT2D eigenvalue weighted by atomic mass is 32.2. The third kappa shape index (κ3) is 4.46. The van der Waals surface area contributed by atoms with Gasteiger partial charge in [-0.05, 0) is 29.8 Å². The molecule has 1 aromatic heterocycles. The fourth-order valence-corrected chi connectivity index (χ4v) is 3.28. The molecular formula is C18H12F4N2O3S. The summed E-state index contributed by atoms with van der Waals surface area (Å²) in [7, 11) is -4.42. The molecule has 5 nitrogen and oxygen atoms in total. The Balaban J connectivity index is 1.68. The molecular weight excluding hydrogens is 400 g/mol. The van der Waals surface area contributed by atoms with Gasteiger partial charge in [-0.2, -0.15) is 0 Å². The maximum Gasteiger partial charge on any atom is 0.243 e. The molecule has 3 rings (SSSR count). The second kappa shape index (κ2) is 7.95. The van der Waals surface area contributed by atoms with Gasteiger partial charge in [0, 0.05) is 24.9 Å². The van der Waals surface area contributed by atoms with E-state index < -0.39 is 38.2 Å². The van der Waals surface area contributed by atoms with Crippen molar-refractivity contribution in [3.05, 3.63) is 83.6 Å². The molecule has 0 amide bonds. The van der Waals surface area contributed by atoms with Crippen LogP contribution in [0.3, 0.4) is 0 Å². The molecule has 0 atom stereocenters. The minimum atomic E-state index is -4.42. The Morgan fingerprint density at radius 3 is 2.43 bits per heavy atom. The van der Waals surface area contributed by atoms with Gasteiger partial charge >= 0.3 is 0 Å². The second-order valence-electron chi connectivity index (χ2n) is 5.56. The van der Waals surface area contributed by atoms with Crippen LogP contribution in [-0.2, 0) is 16.6 Å². The maximum absolute atomic E-state index is 13.7. The lowest BCUT2D eigenvalue weighted by Gasteiger charge is -2.09. The summed E-state index contributed by atoms with van der Waals surface area (Å²) in [6.45, 7) is -0.284. The van der Waals surface area contributed by atoms with Crippen LogP contribution in [0.25, 0.3) is 0 Å². The van der Waals surface area contributed by atoms with Crippen molar-refractivity contribution in [3.63, 3.8) is 0 Å². The first-order valence-electron chi connectivity index (χ1n) is 7.78. The summed E-state index contributed by atoms with van der Waals surface area (Å²) in [4.78, 5) is 2.95. The summed E-state index contributed by atoms with van der Waals surface area (Å²) >= 11 is 0. The first kappa shape index (κ1) is 19.8. The zero-order valence-corrected chi connectivity index (χ0v) is 14.8. The van der Waals surface area contributed by atoms with Gasteiger partial charge in [-0.3, -0.25) is 0 Å². The Hall–Kier alpha value is -2.98. The number of rotatable bonds is 6. The van der Waals surface area contributed by atoms with Gasteiger partial charge in [-0.15, -0.1) is 0 Å². The van der Waals surface area contributed by atoms with Gasteiger partial charge in [-0.25, -0.2) is 35.7 Å². The highest BCUT2D eigenvalue weighted by molar-refractivity contribution is 7.89. The van der Waals surface area contributed by atoms with Crippen LogP contribution in [0.5, 0.6) is 11.6 Å². The highest BCUT2D eigenvalue weighted by Crippen LogP contribution is 2.21. The molecule has 0 unspecified atom stereocenters. The number of hydrogen-bond donors (Lipinski definition) is 1. The lowest BCUT2D eigenvalue weighted by Crippen LogP contribution is -2.24. The van der Waals surface area contributed by atoms with Crippen LogP contribution >= 0.6 is 0 Å². The molecule has 1 N–H and O–H groups in total. The molecule has 0 saturated carbocycles. The fourth-order valence-electron chi connectivity index (χ4n) is 2.20.